The van der Waals surface area contributed by atoms with Crippen molar-refractivity contribution in [3.8, 4) is 0 Å². The maximum atomic E-state index is 12.8. The summed E-state index contributed by atoms with van der Waals surface area (Å²) in [6, 6.07) is 9.56. The number of benzene rings is 1. The lowest BCUT2D eigenvalue weighted by Crippen LogP contribution is -2.44. The Bertz CT molecular complexity index is 495. The third-order valence-electron chi connectivity index (χ3n) is 3.81. The quantitative estimate of drug-likeness (QED) is 0.362. The smallest absolute Gasteiger partial charge is 0.240 e. The molecule has 1 aromatic carbocycles. The normalized spacial score (nSPS) is 16.8. The highest BCUT2D eigenvalue weighted by molar-refractivity contribution is 6.15. The highest BCUT2D eigenvalue weighted by Gasteiger charge is 2.56. The summed E-state index contributed by atoms with van der Waals surface area (Å²) < 4.78 is 0. The van der Waals surface area contributed by atoms with Crippen molar-refractivity contribution in [1.82, 2.24) is 0 Å². The number of nitrogens with zero attached hydrogens (tertiary/aromatic N) is 2. The van der Waals surface area contributed by atoms with E-state index in [-0.39, 0.29) is 11.7 Å². The van der Waals surface area contributed by atoms with E-state index in [2.05, 4.69) is 12.1 Å². The molecule has 1 aliphatic carbocycles. The number of hydrogen-bond donors (Lipinski definition) is 2. The number of amides is 1. The number of unbranched alkanes of at least 4 members (excludes halogenated alkanes) is 1. The molecule has 2 rings (SSSR count). The maximum Gasteiger partial charge on any atom is 0.240 e. The largest absolute Gasteiger partial charge is 0.409 e. The van der Waals surface area contributed by atoms with Crippen molar-refractivity contribution in [3.05, 3.63) is 30.3 Å². The molecule has 0 aliphatic heterocycles. The van der Waals surface area contributed by atoms with Gasteiger partial charge >= 0.3 is 0 Å². The van der Waals surface area contributed by atoms with Gasteiger partial charge in [0, 0.05) is 12.2 Å². The standard InChI is InChI=1S/C15H21N3O2/c1-2-3-11-18(12-7-5-4-6-8-12)14(19)15(9-10-15)13(16)17-20/h4-8,20H,2-3,9-11H2,1H3,(H2,16,17). The molecule has 0 spiro atoms. The van der Waals surface area contributed by atoms with Gasteiger partial charge in [-0.25, -0.2) is 0 Å². The highest BCUT2D eigenvalue weighted by atomic mass is 16.4. The Morgan fingerprint density at radius 3 is 2.55 bits per heavy atom. The number of oxime groups is 1. The molecular weight excluding hydrogens is 254 g/mol. The summed E-state index contributed by atoms with van der Waals surface area (Å²) in [6.45, 7) is 2.74. The van der Waals surface area contributed by atoms with Gasteiger partial charge in [-0.15, -0.1) is 0 Å². The first-order valence-corrected chi connectivity index (χ1v) is 7.00. The van der Waals surface area contributed by atoms with Gasteiger partial charge in [-0.1, -0.05) is 36.7 Å². The van der Waals surface area contributed by atoms with Crippen molar-refractivity contribution in [2.75, 3.05) is 11.4 Å². The van der Waals surface area contributed by atoms with E-state index in [0.717, 1.165) is 18.5 Å². The van der Waals surface area contributed by atoms with Crippen LogP contribution in [0.15, 0.2) is 35.5 Å². The summed E-state index contributed by atoms with van der Waals surface area (Å²) in [5.74, 6) is -0.0348. The lowest BCUT2D eigenvalue weighted by molar-refractivity contribution is -0.121. The summed E-state index contributed by atoms with van der Waals surface area (Å²) in [5, 5.41) is 11.9. The molecule has 0 saturated heterocycles. The fourth-order valence-electron chi connectivity index (χ4n) is 2.33. The van der Waals surface area contributed by atoms with Gasteiger partial charge in [0.15, 0.2) is 5.84 Å². The molecule has 0 aromatic heterocycles. The van der Waals surface area contributed by atoms with E-state index in [0.29, 0.717) is 19.4 Å². The van der Waals surface area contributed by atoms with Gasteiger partial charge in [-0.2, -0.15) is 0 Å². The van der Waals surface area contributed by atoms with Crippen molar-refractivity contribution in [2.24, 2.45) is 16.3 Å². The molecule has 0 bridgehead atoms. The summed E-state index contributed by atoms with van der Waals surface area (Å²) >= 11 is 0. The number of nitrogens with two attached hydrogens (primary N) is 1. The summed E-state index contributed by atoms with van der Waals surface area (Å²) in [7, 11) is 0. The lowest BCUT2D eigenvalue weighted by atomic mass is 10.0. The monoisotopic (exact) mass is 275 g/mol. The van der Waals surface area contributed by atoms with Gasteiger partial charge in [-0.3, -0.25) is 4.79 Å². The molecular formula is C15H21N3O2. The second kappa shape index (κ2) is 5.94. The van der Waals surface area contributed by atoms with Crippen molar-refractivity contribution in [2.45, 2.75) is 32.6 Å². The van der Waals surface area contributed by atoms with E-state index in [1.165, 1.54) is 0 Å². The SMILES string of the molecule is CCCCN(C(=O)C1(/C(N)=N/O)CC1)c1ccccc1. The van der Waals surface area contributed by atoms with Gasteiger partial charge < -0.3 is 15.8 Å². The fourth-order valence-corrected chi connectivity index (χ4v) is 2.33. The zero-order valence-corrected chi connectivity index (χ0v) is 11.7. The van der Waals surface area contributed by atoms with Crippen molar-refractivity contribution < 1.29 is 10.0 Å². The molecule has 1 saturated carbocycles. The molecule has 1 aliphatic rings. The molecule has 0 heterocycles. The number of anilines is 1. The Balaban J connectivity index is 2.26. The molecule has 1 aromatic rings. The van der Waals surface area contributed by atoms with Crippen LogP contribution in [0.2, 0.25) is 0 Å². The van der Waals surface area contributed by atoms with E-state index in [1.807, 2.05) is 30.3 Å². The predicted octanol–water partition coefficient (Wildman–Crippen LogP) is 2.35. The van der Waals surface area contributed by atoms with Gasteiger partial charge in [-0.05, 0) is 31.4 Å². The topological polar surface area (TPSA) is 78.9 Å². The molecule has 0 atom stereocenters. The average Bonchev–Trinajstić information content (AvgIpc) is 3.29. The van der Waals surface area contributed by atoms with Crippen LogP contribution in [0.3, 0.4) is 0 Å². The highest BCUT2D eigenvalue weighted by Crippen LogP contribution is 2.48. The Hall–Kier alpha value is -2.04. The molecule has 0 unspecified atom stereocenters. The average molecular weight is 275 g/mol. The molecule has 0 radical (unpaired) electrons. The van der Waals surface area contributed by atoms with Crippen LogP contribution >= 0.6 is 0 Å². The Morgan fingerprint density at radius 1 is 1.40 bits per heavy atom. The molecule has 3 N–H and O–H groups in total. The maximum absolute atomic E-state index is 12.8. The van der Waals surface area contributed by atoms with Gasteiger partial charge in [0.25, 0.3) is 0 Å². The van der Waals surface area contributed by atoms with Crippen molar-refractivity contribution in [1.29, 1.82) is 0 Å². The van der Waals surface area contributed by atoms with Gasteiger partial charge in [0.2, 0.25) is 5.91 Å². The Morgan fingerprint density at radius 2 is 2.05 bits per heavy atom. The van der Waals surface area contributed by atoms with Crippen LogP contribution in [-0.4, -0.2) is 23.5 Å². The second-order valence-electron chi connectivity index (χ2n) is 5.21. The minimum atomic E-state index is -0.793. The second-order valence-corrected chi connectivity index (χ2v) is 5.21. The van der Waals surface area contributed by atoms with Crippen molar-refractivity contribution >= 4 is 17.4 Å². The van der Waals surface area contributed by atoms with Crippen LogP contribution in [0, 0.1) is 5.41 Å². The van der Waals surface area contributed by atoms with Crippen LogP contribution in [-0.2, 0) is 4.79 Å². The van der Waals surface area contributed by atoms with Crippen LogP contribution in [0.1, 0.15) is 32.6 Å². The number of carbonyl (C=O) groups excluding carboxylic acids is 1. The van der Waals surface area contributed by atoms with E-state index in [4.69, 9.17) is 10.9 Å². The first-order valence-electron chi connectivity index (χ1n) is 7.00. The first kappa shape index (κ1) is 14.4. The van der Waals surface area contributed by atoms with E-state index in [1.54, 1.807) is 4.90 Å². The minimum Gasteiger partial charge on any atom is -0.409 e. The Kier molecular flexibility index (Phi) is 4.27. The van der Waals surface area contributed by atoms with Gasteiger partial charge in [0.05, 0.1) is 0 Å². The number of para-hydroxylation sites is 1. The molecule has 5 nitrogen and oxygen atoms in total. The molecule has 1 amide bonds. The zero-order valence-electron chi connectivity index (χ0n) is 11.7. The lowest BCUT2D eigenvalue weighted by Gasteiger charge is -2.27. The van der Waals surface area contributed by atoms with E-state index >= 15 is 0 Å². The number of amidine groups is 1. The van der Waals surface area contributed by atoms with Crippen LogP contribution in [0.25, 0.3) is 0 Å². The third-order valence-corrected chi connectivity index (χ3v) is 3.81. The van der Waals surface area contributed by atoms with Gasteiger partial charge in [0.1, 0.15) is 5.41 Å². The first-order chi connectivity index (χ1) is 9.65. The zero-order chi connectivity index (χ0) is 14.6. The summed E-state index contributed by atoms with van der Waals surface area (Å²) in [5.41, 5.74) is 5.78. The van der Waals surface area contributed by atoms with Crippen molar-refractivity contribution in [3.63, 3.8) is 0 Å². The molecule has 1 fully saturated rings. The third kappa shape index (κ3) is 2.61. The Labute approximate surface area is 119 Å². The predicted molar refractivity (Wildman–Crippen MR) is 78.8 cm³/mol. The van der Waals surface area contributed by atoms with E-state index in [9.17, 15) is 4.79 Å². The number of rotatable bonds is 6. The van der Waals surface area contributed by atoms with Crippen LogP contribution in [0.5, 0.6) is 0 Å². The number of hydrogen-bond acceptors (Lipinski definition) is 3. The molecule has 5 heteroatoms. The fraction of sp³-hybridized carbons (Fsp3) is 0.467. The molecule has 108 valence electrons. The minimum absolute atomic E-state index is 0.0277. The van der Waals surface area contributed by atoms with Crippen LogP contribution < -0.4 is 10.6 Å². The summed E-state index contributed by atoms with van der Waals surface area (Å²) in [6.07, 6.45) is 3.23. The number of carbonyl (C=O) groups is 1. The van der Waals surface area contributed by atoms with E-state index < -0.39 is 5.41 Å². The van der Waals surface area contributed by atoms with Crippen LogP contribution in [0.4, 0.5) is 5.69 Å². The molecule has 20 heavy (non-hydrogen) atoms. The summed E-state index contributed by atoms with van der Waals surface area (Å²) in [4.78, 5) is 14.5.